The van der Waals surface area contributed by atoms with Crippen LogP contribution < -0.4 is 5.32 Å². The molecule has 0 saturated heterocycles. The van der Waals surface area contributed by atoms with Crippen LogP contribution in [0.3, 0.4) is 0 Å². The predicted octanol–water partition coefficient (Wildman–Crippen LogP) is 3.25. The Morgan fingerprint density at radius 3 is 2.11 bits per heavy atom. The second-order valence-corrected chi connectivity index (χ2v) is 5.32. The number of amides is 2. The molecule has 2 N–H and O–H groups in total. The van der Waals surface area contributed by atoms with Gasteiger partial charge in [0.25, 0.3) is 0 Å². The van der Waals surface area contributed by atoms with Crippen LogP contribution in [-0.2, 0) is 0 Å². The number of nitrogens with zero attached hydrogens (tertiary/aromatic N) is 1. The quantitative estimate of drug-likeness (QED) is 0.877. The van der Waals surface area contributed by atoms with Crippen molar-refractivity contribution in [1.29, 1.82) is 0 Å². The van der Waals surface area contributed by atoms with Crippen molar-refractivity contribution >= 4 is 11.7 Å². The van der Waals surface area contributed by atoms with Crippen molar-refractivity contribution in [3.63, 3.8) is 0 Å². The van der Waals surface area contributed by atoms with E-state index in [0.717, 1.165) is 11.3 Å². The molecule has 2 unspecified atom stereocenters. The number of nitrogens with one attached hydrogen (secondary N) is 1. The van der Waals surface area contributed by atoms with Crippen molar-refractivity contribution in [3.05, 3.63) is 29.8 Å². The predicted molar refractivity (Wildman–Crippen MR) is 78.2 cm³/mol. The monoisotopic (exact) mass is 264 g/mol. The van der Waals surface area contributed by atoms with Crippen molar-refractivity contribution in [3.8, 4) is 0 Å². The minimum Gasteiger partial charge on any atom is -0.389 e. The average molecular weight is 264 g/mol. The van der Waals surface area contributed by atoms with Gasteiger partial charge in [-0.3, -0.25) is 0 Å². The maximum atomic E-state index is 12.0. The van der Waals surface area contributed by atoms with Crippen LogP contribution in [0.5, 0.6) is 0 Å². The Hall–Kier alpha value is -1.55. The molecule has 0 saturated carbocycles. The standard InChI is InChI=1S/C15H24N2O2/c1-10(2)11(3)17(5)15(19)16-14-8-6-13(7-9-14)12(4)18/h6-12,18H,1-5H3,(H,16,19). The van der Waals surface area contributed by atoms with Crippen LogP contribution in [-0.4, -0.2) is 29.1 Å². The zero-order valence-corrected chi connectivity index (χ0v) is 12.3. The van der Waals surface area contributed by atoms with Crippen LogP contribution in [0.1, 0.15) is 39.4 Å². The number of aliphatic hydroxyl groups excluding tert-OH is 1. The number of hydrogen-bond donors (Lipinski definition) is 2. The second-order valence-electron chi connectivity index (χ2n) is 5.32. The van der Waals surface area contributed by atoms with E-state index < -0.39 is 6.10 Å². The molecule has 0 aromatic heterocycles. The topological polar surface area (TPSA) is 52.6 Å². The van der Waals surface area contributed by atoms with Gasteiger partial charge in [0.2, 0.25) is 0 Å². The minimum absolute atomic E-state index is 0.119. The molecule has 2 amide bonds. The van der Waals surface area contributed by atoms with Crippen molar-refractivity contribution in [2.75, 3.05) is 12.4 Å². The Morgan fingerprint density at radius 2 is 1.68 bits per heavy atom. The summed E-state index contributed by atoms with van der Waals surface area (Å²) < 4.78 is 0. The number of urea groups is 1. The molecular weight excluding hydrogens is 240 g/mol. The lowest BCUT2D eigenvalue weighted by Crippen LogP contribution is -2.40. The molecule has 19 heavy (non-hydrogen) atoms. The molecular formula is C15H24N2O2. The summed E-state index contributed by atoms with van der Waals surface area (Å²) in [5.41, 5.74) is 1.57. The summed E-state index contributed by atoms with van der Waals surface area (Å²) in [4.78, 5) is 13.7. The van der Waals surface area contributed by atoms with Gasteiger partial charge in [0.05, 0.1) is 6.10 Å². The molecule has 4 heteroatoms. The normalized spacial score (nSPS) is 14.1. The van der Waals surface area contributed by atoms with Crippen molar-refractivity contribution < 1.29 is 9.90 Å². The van der Waals surface area contributed by atoms with Gasteiger partial charge in [-0.25, -0.2) is 4.79 Å². The van der Waals surface area contributed by atoms with E-state index in [1.165, 1.54) is 0 Å². The highest BCUT2D eigenvalue weighted by atomic mass is 16.3. The second kappa shape index (κ2) is 6.57. The van der Waals surface area contributed by atoms with E-state index in [0.29, 0.717) is 5.92 Å². The van der Waals surface area contributed by atoms with Crippen LogP contribution in [0, 0.1) is 5.92 Å². The average Bonchev–Trinajstić information content (AvgIpc) is 2.37. The van der Waals surface area contributed by atoms with E-state index in [1.54, 1.807) is 31.0 Å². The summed E-state index contributed by atoms with van der Waals surface area (Å²) in [6.45, 7) is 7.92. The first-order chi connectivity index (χ1) is 8.82. The first kappa shape index (κ1) is 15.5. The van der Waals surface area contributed by atoms with Crippen LogP contribution in [0.15, 0.2) is 24.3 Å². The number of rotatable bonds is 4. The van der Waals surface area contributed by atoms with E-state index >= 15 is 0 Å². The highest BCUT2D eigenvalue weighted by Crippen LogP contribution is 2.16. The van der Waals surface area contributed by atoms with Gasteiger partial charge < -0.3 is 15.3 Å². The highest BCUT2D eigenvalue weighted by Gasteiger charge is 2.18. The van der Waals surface area contributed by atoms with Crippen LogP contribution in [0.2, 0.25) is 0 Å². The molecule has 0 aliphatic heterocycles. The van der Waals surface area contributed by atoms with Gasteiger partial charge in [-0.05, 0) is 37.5 Å². The first-order valence-electron chi connectivity index (χ1n) is 6.64. The molecule has 0 fully saturated rings. The van der Waals surface area contributed by atoms with Crippen molar-refractivity contribution in [1.82, 2.24) is 4.90 Å². The van der Waals surface area contributed by atoms with Gasteiger partial charge in [-0.2, -0.15) is 0 Å². The number of carbonyl (C=O) groups is 1. The smallest absolute Gasteiger partial charge is 0.321 e. The molecule has 0 spiro atoms. The van der Waals surface area contributed by atoms with Gasteiger partial charge in [0, 0.05) is 18.8 Å². The van der Waals surface area contributed by atoms with Crippen LogP contribution in [0.25, 0.3) is 0 Å². The molecule has 0 aliphatic rings. The Morgan fingerprint density at radius 1 is 1.16 bits per heavy atom. The fourth-order valence-corrected chi connectivity index (χ4v) is 1.69. The first-order valence-corrected chi connectivity index (χ1v) is 6.64. The van der Waals surface area contributed by atoms with Gasteiger partial charge in [-0.15, -0.1) is 0 Å². The summed E-state index contributed by atoms with van der Waals surface area (Å²) in [7, 11) is 1.80. The number of hydrogen-bond acceptors (Lipinski definition) is 2. The van der Waals surface area contributed by atoms with E-state index in [-0.39, 0.29) is 12.1 Å². The molecule has 2 atom stereocenters. The fraction of sp³-hybridized carbons (Fsp3) is 0.533. The third kappa shape index (κ3) is 4.24. The molecule has 1 aromatic rings. The zero-order valence-electron chi connectivity index (χ0n) is 12.3. The number of benzene rings is 1. The molecule has 0 radical (unpaired) electrons. The molecule has 0 heterocycles. The Kier molecular flexibility index (Phi) is 5.36. The SMILES string of the molecule is CC(O)c1ccc(NC(=O)N(C)C(C)C(C)C)cc1. The number of aliphatic hydroxyl groups is 1. The Balaban J connectivity index is 2.66. The Labute approximate surface area is 115 Å². The fourth-order valence-electron chi connectivity index (χ4n) is 1.69. The molecule has 4 nitrogen and oxygen atoms in total. The number of carbonyl (C=O) groups excluding carboxylic acids is 1. The maximum Gasteiger partial charge on any atom is 0.321 e. The highest BCUT2D eigenvalue weighted by molar-refractivity contribution is 5.89. The lowest BCUT2D eigenvalue weighted by atomic mass is 10.1. The summed E-state index contributed by atoms with van der Waals surface area (Å²) in [6.07, 6.45) is -0.492. The van der Waals surface area contributed by atoms with Crippen molar-refractivity contribution in [2.45, 2.75) is 39.8 Å². The van der Waals surface area contributed by atoms with Gasteiger partial charge in [0.15, 0.2) is 0 Å². The Bertz CT molecular complexity index is 413. The van der Waals surface area contributed by atoms with Gasteiger partial charge in [-0.1, -0.05) is 26.0 Å². The van der Waals surface area contributed by atoms with E-state index in [9.17, 15) is 9.90 Å². The lowest BCUT2D eigenvalue weighted by Gasteiger charge is -2.28. The van der Waals surface area contributed by atoms with Crippen LogP contribution in [0.4, 0.5) is 10.5 Å². The summed E-state index contributed by atoms with van der Waals surface area (Å²) in [5, 5.41) is 12.3. The largest absolute Gasteiger partial charge is 0.389 e. The molecule has 1 aromatic carbocycles. The summed E-state index contributed by atoms with van der Waals surface area (Å²) >= 11 is 0. The van der Waals surface area contributed by atoms with Gasteiger partial charge in [0.1, 0.15) is 0 Å². The summed E-state index contributed by atoms with van der Waals surface area (Å²) in [6, 6.07) is 7.28. The molecule has 0 bridgehead atoms. The van der Waals surface area contributed by atoms with E-state index in [4.69, 9.17) is 0 Å². The number of anilines is 1. The van der Waals surface area contributed by atoms with Crippen LogP contribution >= 0.6 is 0 Å². The third-order valence-electron chi connectivity index (χ3n) is 3.54. The van der Waals surface area contributed by atoms with E-state index in [1.807, 2.05) is 19.1 Å². The lowest BCUT2D eigenvalue weighted by molar-refractivity contribution is 0.193. The summed E-state index contributed by atoms with van der Waals surface area (Å²) in [5.74, 6) is 0.411. The molecule has 106 valence electrons. The maximum absolute atomic E-state index is 12.0. The zero-order chi connectivity index (χ0) is 14.6. The van der Waals surface area contributed by atoms with Crippen molar-refractivity contribution in [2.24, 2.45) is 5.92 Å². The molecule has 1 rings (SSSR count). The minimum atomic E-state index is -0.492. The third-order valence-corrected chi connectivity index (χ3v) is 3.54. The van der Waals surface area contributed by atoms with Gasteiger partial charge >= 0.3 is 6.03 Å². The molecule has 0 aliphatic carbocycles. The van der Waals surface area contributed by atoms with E-state index in [2.05, 4.69) is 19.2 Å².